The van der Waals surface area contributed by atoms with E-state index in [0.717, 1.165) is 17.7 Å². The molecule has 172 valence electrons. The molecule has 0 radical (unpaired) electrons. The van der Waals surface area contributed by atoms with E-state index in [-0.39, 0.29) is 22.8 Å². The van der Waals surface area contributed by atoms with Gasteiger partial charge in [0.05, 0.1) is 20.3 Å². The van der Waals surface area contributed by atoms with Gasteiger partial charge in [-0.2, -0.15) is 0 Å². The molecule has 0 fully saturated rings. The Bertz CT molecular complexity index is 1200. The Morgan fingerprint density at radius 3 is 2.39 bits per heavy atom. The normalized spacial score (nSPS) is 15.1. The third-order valence-electron chi connectivity index (χ3n) is 5.58. The summed E-state index contributed by atoms with van der Waals surface area (Å²) in [6.07, 6.45) is 0.448. The quantitative estimate of drug-likeness (QED) is 0.506. The number of hydrogen-bond acceptors (Lipinski definition) is 3. The van der Waals surface area contributed by atoms with Gasteiger partial charge in [0.1, 0.15) is 5.82 Å². The Kier molecular flexibility index (Phi) is 6.37. The highest BCUT2D eigenvalue weighted by Crippen LogP contribution is 2.43. The number of fused-ring (bicyclic) bond motifs is 1. The van der Waals surface area contributed by atoms with Gasteiger partial charge in [-0.05, 0) is 53.9 Å². The average Bonchev–Trinajstić information content (AvgIpc) is 2.80. The maximum Gasteiger partial charge on any atom is 0.322 e. The van der Waals surface area contributed by atoms with Gasteiger partial charge in [-0.25, -0.2) is 18.0 Å². The monoisotopic (exact) mass is 476 g/mol. The number of carbonyl (C=O) groups is 1. The molecule has 1 N–H and O–H groups in total. The van der Waals surface area contributed by atoms with Crippen molar-refractivity contribution in [3.05, 3.63) is 87.7 Å². The second-order valence-corrected chi connectivity index (χ2v) is 7.85. The maximum absolute atomic E-state index is 15.0. The van der Waals surface area contributed by atoms with E-state index in [9.17, 15) is 13.6 Å². The van der Waals surface area contributed by atoms with Crippen molar-refractivity contribution < 1.29 is 27.4 Å². The van der Waals surface area contributed by atoms with Crippen LogP contribution in [0.15, 0.2) is 48.5 Å². The predicted octanol–water partition coefficient (Wildman–Crippen LogP) is 5.95. The molecule has 1 aliphatic rings. The highest BCUT2D eigenvalue weighted by Gasteiger charge is 2.36. The molecule has 1 unspecified atom stereocenters. The standard InChI is InChI=1S/C24H20ClF3N2O3/c1-32-20-10-13-8-9-30(24(31)29-14-6-7-17(26)19(28)11-14)23(15(13)12-21(20)33-2)22-16(25)4-3-5-18(22)27/h3-7,10-12,23H,8-9H2,1-2H3,(H,29,31). The van der Waals surface area contributed by atoms with Crippen molar-refractivity contribution in [1.29, 1.82) is 0 Å². The number of anilines is 1. The Morgan fingerprint density at radius 2 is 1.73 bits per heavy atom. The topological polar surface area (TPSA) is 50.8 Å². The summed E-state index contributed by atoms with van der Waals surface area (Å²) in [7, 11) is 2.99. The number of amides is 2. The van der Waals surface area contributed by atoms with Gasteiger partial charge in [0.2, 0.25) is 0 Å². The highest BCUT2D eigenvalue weighted by molar-refractivity contribution is 6.31. The zero-order valence-electron chi connectivity index (χ0n) is 17.8. The fourth-order valence-electron chi connectivity index (χ4n) is 4.02. The van der Waals surface area contributed by atoms with Gasteiger partial charge in [-0.3, -0.25) is 0 Å². The number of rotatable bonds is 4. The first-order chi connectivity index (χ1) is 15.8. The molecule has 0 spiro atoms. The third-order valence-corrected chi connectivity index (χ3v) is 5.91. The van der Waals surface area contributed by atoms with Gasteiger partial charge in [-0.1, -0.05) is 17.7 Å². The third kappa shape index (κ3) is 4.30. The van der Waals surface area contributed by atoms with Gasteiger partial charge >= 0.3 is 6.03 Å². The van der Waals surface area contributed by atoms with Crippen molar-refractivity contribution in [2.75, 3.05) is 26.1 Å². The van der Waals surface area contributed by atoms with E-state index in [4.69, 9.17) is 21.1 Å². The van der Waals surface area contributed by atoms with Crippen LogP contribution in [-0.2, 0) is 6.42 Å². The van der Waals surface area contributed by atoms with Crippen molar-refractivity contribution in [2.45, 2.75) is 12.5 Å². The summed E-state index contributed by atoms with van der Waals surface area (Å²) in [6.45, 7) is 0.216. The highest BCUT2D eigenvalue weighted by atomic mass is 35.5. The van der Waals surface area contributed by atoms with Crippen LogP contribution in [0.2, 0.25) is 5.02 Å². The zero-order chi connectivity index (χ0) is 23.7. The van der Waals surface area contributed by atoms with Crippen molar-refractivity contribution in [3.8, 4) is 11.5 Å². The van der Waals surface area contributed by atoms with Gasteiger partial charge in [0, 0.05) is 28.9 Å². The van der Waals surface area contributed by atoms with Crippen molar-refractivity contribution in [1.82, 2.24) is 4.90 Å². The van der Waals surface area contributed by atoms with Crippen LogP contribution in [0.5, 0.6) is 11.5 Å². The van der Waals surface area contributed by atoms with Crippen LogP contribution in [0.3, 0.4) is 0 Å². The van der Waals surface area contributed by atoms with Crippen LogP contribution in [0.1, 0.15) is 22.7 Å². The van der Waals surface area contributed by atoms with E-state index in [0.29, 0.717) is 23.5 Å². The summed E-state index contributed by atoms with van der Waals surface area (Å²) in [5, 5.41) is 2.71. The molecule has 0 saturated carbocycles. The van der Waals surface area contributed by atoms with Crippen LogP contribution in [-0.4, -0.2) is 31.7 Å². The van der Waals surface area contributed by atoms with Crippen molar-refractivity contribution in [2.24, 2.45) is 0 Å². The summed E-state index contributed by atoms with van der Waals surface area (Å²) in [5.41, 5.74) is 1.64. The SMILES string of the molecule is COc1cc2c(cc1OC)C(c1c(F)cccc1Cl)N(C(=O)Nc1ccc(F)c(F)c1)CC2. The lowest BCUT2D eigenvalue weighted by Crippen LogP contribution is -2.43. The van der Waals surface area contributed by atoms with E-state index in [2.05, 4.69) is 5.32 Å². The van der Waals surface area contributed by atoms with E-state index >= 15 is 4.39 Å². The van der Waals surface area contributed by atoms with Crippen LogP contribution in [0, 0.1) is 17.5 Å². The predicted molar refractivity (Wildman–Crippen MR) is 119 cm³/mol. The lowest BCUT2D eigenvalue weighted by Gasteiger charge is -2.38. The van der Waals surface area contributed by atoms with E-state index in [1.165, 1.54) is 37.3 Å². The number of hydrogen-bond donors (Lipinski definition) is 1. The Balaban J connectivity index is 1.81. The summed E-state index contributed by atoms with van der Waals surface area (Å²) >= 11 is 6.38. The van der Waals surface area contributed by atoms with Crippen molar-refractivity contribution in [3.63, 3.8) is 0 Å². The average molecular weight is 477 g/mol. The number of nitrogens with zero attached hydrogens (tertiary/aromatic N) is 1. The molecule has 1 aliphatic heterocycles. The molecule has 3 aromatic carbocycles. The van der Waals surface area contributed by atoms with Crippen LogP contribution < -0.4 is 14.8 Å². The molecule has 1 heterocycles. The molecule has 33 heavy (non-hydrogen) atoms. The fourth-order valence-corrected chi connectivity index (χ4v) is 4.28. The number of halogens is 4. The largest absolute Gasteiger partial charge is 0.493 e. The first-order valence-corrected chi connectivity index (χ1v) is 10.4. The van der Waals surface area contributed by atoms with Gasteiger partial charge < -0.3 is 19.7 Å². The van der Waals surface area contributed by atoms with Crippen LogP contribution in [0.25, 0.3) is 0 Å². The number of carbonyl (C=O) groups excluding carboxylic acids is 1. The molecular formula is C24H20ClF3N2O3. The molecule has 9 heteroatoms. The smallest absolute Gasteiger partial charge is 0.322 e. The summed E-state index contributed by atoms with van der Waals surface area (Å²) in [5.74, 6) is -1.79. The molecule has 0 bridgehead atoms. The minimum Gasteiger partial charge on any atom is -0.493 e. The lowest BCUT2D eigenvalue weighted by atomic mass is 9.87. The molecule has 1 atom stereocenters. The van der Waals surface area contributed by atoms with E-state index < -0.39 is 29.5 Å². The molecule has 5 nitrogen and oxygen atoms in total. The Labute approximate surface area is 193 Å². The number of ether oxygens (including phenoxy) is 2. The second kappa shape index (κ2) is 9.23. The van der Waals surface area contributed by atoms with Crippen LogP contribution in [0.4, 0.5) is 23.7 Å². The minimum atomic E-state index is -1.10. The van der Waals surface area contributed by atoms with Gasteiger partial charge in [-0.15, -0.1) is 0 Å². The molecular weight excluding hydrogens is 457 g/mol. The summed E-state index contributed by atoms with van der Waals surface area (Å²) < 4.78 is 52.7. The molecule has 0 aromatic heterocycles. The number of benzene rings is 3. The first kappa shape index (κ1) is 22.8. The lowest BCUT2D eigenvalue weighted by molar-refractivity contribution is 0.192. The zero-order valence-corrected chi connectivity index (χ0v) is 18.6. The minimum absolute atomic E-state index is 0.0652. The summed E-state index contributed by atoms with van der Waals surface area (Å²) in [6, 6.07) is 9.29. The molecule has 0 saturated heterocycles. The molecule has 4 rings (SSSR count). The molecule has 3 aromatic rings. The fraction of sp³-hybridized carbons (Fsp3) is 0.208. The second-order valence-electron chi connectivity index (χ2n) is 7.45. The van der Waals surface area contributed by atoms with Gasteiger partial charge in [0.15, 0.2) is 23.1 Å². The van der Waals surface area contributed by atoms with E-state index in [1.54, 1.807) is 18.2 Å². The Hall–Kier alpha value is -3.39. The Morgan fingerprint density at radius 1 is 1.00 bits per heavy atom. The van der Waals surface area contributed by atoms with Gasteiger partial charge in [0.25, 0.3) is 0 Å². The first-order valence-electron chi connectivity index (χ1n) is 10.1. The summed E-state index contributed by atoms with van der Waals surface area (Å²) in [4.78, 5) is 14.6. The van der Waals surface area contributed by atoms with Crippen molar-refractivity contribution >= 4 is 23.3 Å². The van der Waals surface area contributed by atoms with Crippen LogP contribution >= 0.6 is 11.6 Å². The number of methoxy groups -OCH3 is 2. The van der Waals surface area contributed by atoms with E-state index in [1.807, 2.05) is 0 Å². The maximum atomic E-state index is 15.0. The molecule has 2 amide bonds. The molecule has 0 aliphatic carbocycles. The number of nitrogens with one attached hydrogen (secondary N) is 1. The number of urea groups is 1.